The summed E-state index contributed by atoms with van der Waals surface area (Å²) < 4.78 is 0. The van der Waals surface area contributed by atoms with Crippen molar-refractivity contribution >= 4 is 23.5 Å². The molecule has 16 heavy (non-hydrogen) atoms. The highest BCUT2D eigenvalue weighted by molar-refractivity contribution is 6.30. The van der Waals surface area contributed by atoms with Gasteiger partial charge in [-0.1, -0.05) is 18.5 Å². The van der Waals surface area contributed by atoms with E-state index < -0.39 is 17.9 Å². The van der Waals surface area contributed by atoms with Crippen molar-refractivity contribution in [1.82, 2.24) is 5.32 Å². The summed E-state index contributed by atoms with van der Waals surface area (Å²) in [7, 11) is 0. The number of benzene rings is 1. The van der Waals surface area contributed by atoms with Gasteiger partial charge in [0.1, 0.15) is 6.04 Å². The van der Waals surface area contributed by atoms with E-state index in [4.69, 9.17) is 16.7 Å². The van der Waals surface area contributed by atoms with Crippen LogP contribution in [-0.4, -0.2) is 23.0 Å². The molecular weight excluding hydrogens is 230 g/mol. The molecule has 0 aliphatic heterocycles. The summed E-state index contributed by atoms with van der Waals surface area (Å²) in [5, 5.41) is 11.7. The van der Waals surface area contributed by atoms with Crippen LogP contribution in [-0.2, 0) is 4.79 Å². The maximum Gasteiger partial charge on any atom is 0.326 e. The topological polar surface area (TPSA) is 66.4 Å². The van der Waals surface area contributed by atoms with Crippen LogP contribution in [0.5, 0.6) is 0 Å². The van der Waals surface area contributed by atoms with Crippen LogP contribution in [0.15, 0.2) is 24.3 Å². The van der Waals surface area contributed by atoms with Gasteiger partial charge in [-0.2, -0.15) is 0 Å². The third kappa shape index (κ3) is 3.24. The molecule has 0 saturated heterocycles. The number of hydrogen-bond donors (Lipinski definition) is 2. The Balaban J connectivity index is 2.71. The van der Waals surface area contributed by atoms with Gasteiger partial charge in [0.25, 0.3) is 5.91 Å². The lowest BCUT2D eigenvalue weighted by Gasteiger charge is -2.11. The highest BCUT2D eigenvalue weighted by Gasteiger charge is 2.18. The molecule has 1 aromatic carbocycles. The number of aliphatic carboxylic acids is 1. The van der Waals surface area contributed by atoms with E-state index in [0.29, 0.717) is 17.0 Å². The lowest BCUT2D eigenvalue weighted by Crippen LogP contribution is -2.40. The number of nitrogens with one attached hydrogen (secondary N) is 1. The van der Waals surface area contributed by atoms with Crippen LogP contribution in [0, 0.1) is 0 Å². The standard InChI is InChI=1S/C11H12ClNO3/c1-2-9(11(15)16)13-10(14)7-3-5-8(12)6-4-7/h3-6,9H,2H2,1H3,(H,13,14)(H,15,16)/t9-/m1/s1. The molecule has 0 aliphatic carbocycles. The van der Waals surface area contributed by atoms with Crippen molar-refractivity contribution in [3.8, 4) is 0 Å². The van der Waals surface area contributed by atoms with Crippen molar-refractivity contribution in [1.29, 1.82) is 0 Å². The van der Waals surface area contributed by atoms with E-state index in [1.165, 1.54) is 0 Å². The first-order valence-corrected chi connectivity index (χ1v) is 5.21. The average molecular weight is 242 g/mol. The maximum atomic E-state index is 11.6. The zero-order valence-electron chi connectivity index (χ0n) is 8.74. The minimum absolute atomic E-state index is 0.342. The van der Waals surface area contributed by atoms with Gasteiger partial charge >= 0.3 is 5.97 Å². The van der Waals surface area contributed by atoms with E-state index in [1.807, 2.05) is 0 Å². The number of hydrogen-bond acceptors (Lipinski definition) is 2. The second kappa shape index (κ2) is 5.51. The van der Waals surface area contributed by atoms with Gasteiger partial charge in [-0.15, -0.1) is 0 Å². The molecule has 0 aliphatic rings. The third-order valence-corrected chi connectivity index (χ3v) is 2.37. The van der Waals surface area contributed by atoms with Crippen molar-refractivity contribution in [3.05, 3.63) is 34.9 Å². The lowest BCUT2D eigenvalue weighted by molar-refractivity contribution is -0.139. The molecule has 0 heterocycles. The van der Waals surface area contributed by atoms with Gasteiger partial charge < -0.3 is 10.4 Å². The Labute approximate surface area is 98.2 Å². The first-order chi connectivity index (χ1) is 7.54. The highest BCUT2D eigenvalue weighted by atomic mass is 35.5. The number of halogens is 1. The van der Waals surface area contributed by atoms with Crippen LogP contribution in [0.1, 0.15) is 23.7 Å². The predicted octanol–water partition coefficient (Wildman–Crippen LogP) is 1.93. The molecule has 0 saturated carbocycles. The van der Waals surface area contributed by atoms with Crippen molar-refractivity contribution in [2.75, 3.05) is 0 Å². The van der Waals surface area contributed by atoms with Crippen LogP contribution in [0.2, 0.25) is 5.02 Å². The van der Waals surface area contributed by atoms with E-state index in [9.17, 15) is 9.59 Å². The molecular formula is C11H12ClNO3. The number of rotatable bonds is 4. The second-order valence-electron chi connectivity index (χ2n) is 3.28. The lowest BCUT2D eigenvalue weighted by atomic mass is 10.1. The van der Waals surface area contributed by atoms with Gasteiger partial charge in [0.15, 0.2) is 0 Å². The van der Waals surface area contributed by atoms with E-state index in [1.54, 1.807) is 31.2 Å². The average Bonchev–Trinajstić information content (AvgIpc) is 2.26. The maximum absolute atomic E-state index is 11.6. The van der Waals surface area contributed by atoms with Crippen LogP contribution in [0.3, 0.4) is 0 Å². The van der Waals surface area contributed by atoms with Crippen LogP contribution in [0.4, 0.5) is 0 Å². The molecule has 1 amide bonds. The fourth-order valence-corrected chi connectivity index (χ4v) is 1.31. The molecule has 0 aromatic heterocycles. The van der Waals surface area contributed by atoms with Crippen molar-refractivity contribution in [2.45, 2.75) is 19.4 Å². The van der Waals surface area contributed by atoms with E-state index in [2.05, 4.69) is 5.32 Å². The predicted molar refractivity (Wildman–Crippen MR) is 60.6 cm³/mol. The smallest absolute Gasteiger partial charge is 0.326 e. The molecule has 4 nitrogen and oxygen atoms in total. The molecule has 5 heteroatoms. The Kier molecular flexibility index (Phi) is 4.31. The SMILES string of the molecule is CC[C@@H](NC(=O)c1ccc(Cl)cc1)C(=O)O. The number of amides is 1. The summed E-state index contributed by atoms with van der Waals surface area (Å²) in [6.45, 7) is 1.70. The molecule has 1 atom stereocenters. The van der Waals surface area contributed by atoms with Crippen LogP contribution in [0.25, 0.3) is 0 Å². The van der Waals surface area contributed by atoms with E-state index in [0.717, 1.165) is 0 Å². The molecule has 86 valence electrons. The Morgan fingerprint density at radius 2 is 1.94 bits per heavy atom. The minimum atomic E-state index is -1.04. The summed E-state index contributed by atoms with van der Waals surface area (Å²) in [5.74, 6) is -1.45. The Morgan fingerprint density at radius 1 is 1.38 bits per heavy atom. The molecule has 0 unspecified atom stereocenters. The second-order valence-corrected chi connectivity index (χ2v) is 3.72. The number of carboxylic acid groups (broad SMARTS) is 1. The largest absolute Gasteiger partial charge is 0.480 e. The summed E-state index contributed by atoms with van der Waals surface area (Å²) in [5.41, 5.74) is 0.393. The Morgan fingerprint density at radius 3 is 2.38 bits per heavy atom. The number of carbonyl (C=O) groups is 2. The van der Waals surface area contributed by atoms with Crippen LogP contribution < -0.4 is 5.32 Å². The van der Waals surface area contributed by atoms with Crippen molar-refractivity contribution in [2.24, 2.45) is 0 Å². The van der Waals surface area contributed by atoms with E-state index in [-0.39, 0.29) is 0 Å². The highest BCUT2D eigenvalue weighted by Crippen LogP contribution is 2.09. The summed E-state index contributed by atoms with van der Waals surface area (Å²) >= 11 is 5.67. The molecule has 0 bridgehead atoms. The zero-order chi connectivity index (χ0) is 12.1. The fraction of sp³-hybridized carbons (Fsp3) is 0.273. The molecule has 1 aromatic rings. The summed E-state index contributed by atoms with van der Waals surface area (Å²) in [6.07, 6.45) is 0.342. The van der Waals surface area contributed by atoms with Gasteiger partial charge in [0.2, 0.25) is 0 Å². The molecule has 0 radical (unpaired) electrons. The molecule has 0 spiro atoms. The first-order valence-electron chi connectivity index (χ1n) is 4.83. The molecule has 0 fully saturated rings. The minimum Gasteiger partial charge on any atom is -0.480 e. The fourth-order valence-electron chi connectivity index (χ4n) is 1.18. The van der Waals surface area contributed by atoms with Gasteiger partial charge in [-0.05, 0) is 30.7 Å². The normalized spacial score (nSPS) is 11.9. The Bertz CT molecular complexity index is 389. The number of carboxylic acids is 1. The molecule has 2 N–H and O–H groups in total. The number of carbonyl (C=O) groups excluding carboxylic acids is 1. The first kappa shape index (κ1) is 12.5. The van der Waals surface area contributed by atoms with Crippen LogP contribution >= 0.6 is 11.6 Å². The van der Waals surface area contributed by atoms with Gasteiger partial charge in [-0.25, -0.2) is 4.79 Å². The third-order valence-electron chi connectivity index (χ3n) is 2.12. The van der Waals surface area contributed by atoms with Gasteiger partial charge in [0, 0.05) is 10.6 Å². The molecule has 1 rings (SSSR count). The quantitative estimate of drug-likeness (QED) is 0.847. The van der Waals surface area contributed by atoms with Crippen molar-refractivity contribution < 1.29 is 14.7 Å². The Hall–Kier alpha value is -1.55. The van der Waals surface area contributed by atoms with Crippen molar-refractivity contribution in [3.63, 3.8) is 0 Å². The summed E-state index contributed by atoms with van der Waals surface area (Å²) in [6, 6.07) is 5.40. The van der Waals surface area contributed by atoms with E-state index >= 15 is 0 Å². The monoisotopic (exact) mass is 241 g/mol. The van der Waals surface area contributed by atoms with Gasteiger partial charge in [-0.3, -0.25) is 4.79 Å². The zero-order valence-corrected chi connectivity index (χ0v) is 9.49. The van der Waals surface area contributed by atoms with Gasteiger partial charge in [0.05, 0.1) is 0 Å². The summed E-state index contributed by atoms with van der Waals surface area (Å²) in [4.78, 5) is 22.3.